The molecule has 1 unspecified atom stereocenters. The Morgan fingerprint density at radius 2 is 2.10 bits per heavy atom. The van der Waals surface area contributed by atoms with E-state index in [1.54, 1.807) is 11.4 Å². The van der Waals surface area contributed by atoms with Crippen LogP contribution in [0.2, 0.25) is 0 Å². The fraction of sp³-hybridized carbons (Fsp3) is 0.143. The number of carbonyl (C=O) groups excluding carboxylic acids is 1. The zero-order chi connectivity index (χ0) is 14.5. The molecular weight excluding hydrogens is 279 g/mol. The van der Waals surface area contributed by atoms with Crippen LogP contribution in [0.1, 0.15) is 26.9 Å². The van der Waals surface area contributed by atoms with Crippen LogP contribution in [0.5, 0.6) is 0 Å². The summed E-state index contributed by atoms with van der Waals surface area (Å²) in [6.07, 6.45) is -0.926. The summed E-state index contributed by atoms with van der Waals surface area (Å²) >= 11 is 1.17. The highest BCUT2D eigenvalue weighted by atomic mass is 32.1. The minimum absolute atomic E-state index is 0.00671. The number of nitrogens with zero attached hydrogens (tertiary/aromatic N) is 1. The zero-order valence-electron chi connectivity index (χ0n) is 10.3. The second-order valence-electron chi connectivity index (χ2n) is 4.05. The van der Waals surface area contributed by atoms with Gasteiger partial charge in [-0.05, 0) is 29.1 Å². The quantitative estimate of drug-likeness (QED) is 0.906. The average Bonchev–Trinajstić information content (AvgIpc) is 2.93. The molecule has 0 bridgehead atoms. The van der Waals surface area contributed by atoms with E-state index in [2.05, 4.69) is 5.32 Å². The summed E-state index contributed by atoms with van der Waals surface area (Å²) in [7, 11) is 0. The molecule has 1 aromatic carbocycles. The van der Waals surface area contributed by atoms with Gasteiger partial charge in [-0.2, -0.15) is 5.26 Å². The summed E-state index contributed by atoms with van der Waals surface area (Å²) in [5.74, 6) is -0.792. The first-order valence-electron chi connectivity index (χ1n) is 5.81. The number of thiophene rings is 1. The lowest BCUT2D eigenvalue weighted by molar-refractivity contribution is 0.0920. The van der Waals surface area contributed by atoms with Gasteiger partial charge in [0.15, 0.2) is 0 Å². The molecule has 2 rings (SSSR count). The number of aliphatic hydroxyl groups excluding tert-OH is 1. The van der Waals surface area contributed by atoms with Crippen molar-refractivity contribution in [1.82, 2.24) is 5.32 Å². The standard InChI is InChI=1S/C14H11FN2O2S/c15-11-3-1-9(2-4-11)12(18)8-17-14(19)13-10(7-16)5-6-20-13/h1-6,12,18H,8H2,(H,17,19). The molecule has 2 aromatic rings. The van der Waals surface area contributed by atoms with Crippen molar-refractivity contribution in [3.8, 4) is 6.07 Å². The van der Waals surface area contributed by atoms with Crippen LogP contribution in [0, 0.1) is 17.1 Å². The van der Waals surface area contributed by atoms with Gasteiger partial charge in [-0.25, -0.2) is 4.39 Å². The highest BCUT2D eigenvalue weighted by Gasteiger charge is 2.15. The first-order valence-corrected chi connectivity index (χ1v) is 6.69. The van der Waals surface area contributed by atoms with Crippen LogP contribution < -0.4 is 5.32 Å². The number of aliphatic hydroxyl groups is 1. The molecule has 0 fully saturated rings. The Morgan fingerprint density at radius 1 is 1.40 bits per heavy atom. The monoisotopic (exact) mass is 290 g/mol. The molecule has 6 heteroatoms. The van der Waals surface area contributed by atoms with E-state index in [1.807, 2.05) is 6.07 Å². The van der Waals surface area contributed by atoms with Crippen molar-refractivity contribution in [3.05, 3.63) is 57.5 Å². The van der Waals surface area contributed by atoms with Crippen molar-refractivity contribution in [2.24, 2.45) is 0 Å². The zero-order valence-corrected chi connectivity index (χ0v) is 11.2. The molecule has 4 nitrogen and oxygen atoms in total. The van der Waals surface area contributed by atoms with Crippen LogP contribution in [0.25, 0.3) is 0 Å². The van der Waals surface area contributed by atoms with Crippen molar-refractivity contribution >= 4 is 17.2 Å². The Kier molecular flexibility index (Phi) is 4.45. The highest BCUT2D eigenvalue weighted by Crippen LogP contribution is 2.16. The number of benzene rings is 1. The molecule has 1 amide bonds. The van der Waals surface area contributed by atoms with Gasteiger partial charge in [0.2, 0.25) is 0 Å². The van der Waals surface area contributed by atoms with Crippen molar-refractivity contribution in [2.45, 2.75) is 6.10 Å². The topological polar surface area (TPSA) is 73.1 Å². The third kappa shape index (κ3) is 3.20. The van der Waals surface area contributed by atoms with Gasteiger partial charge in [0.25, 0.3) is 5.91 Å². The fourth-order valence-electron chi connectivity index (χ4n) is 1.65. The molecule has 0 saturated carbocycles. The van der Waals surface area contributed by atoms with Gasteiger partial charge < -0.3 is 10.4 Å². The summed E-state index contributed by atoms with van der Waals surface area (Å²) in [6.45, 7) is -0.00671. The van der Waals surface area contributed by atoms with Gasteiger partial charge in [0, 0.05) is 6.54 Å². The molecule has 0 aliphatic heterocycles. The molecular formula is C14H11FN2O2S. The minimum atomic E-state index is -0.926. The van der Waals surface area contributed by atoms with E-state index in [4.69, 9.17) is 5.26 Å². The second-order valence-corrected chi connectivity index (χ2v) is 4.97. The maximum Gasteiger partial charge on any atom is 0.262 e. The van der Waals surface area contributed by atoms with Gasteiger partial charge in [0.05, 0.1) is 11.7 Å². The maximum absolute atomic E-state index is 12.8. The predicted octanol–water partition coefficient (Wildman–Crippen LogP) is 2.22. The number of carbonyl (C=O) groups is 1. The number of hydrogen-bond acceptors (Lipinski definition) is 4. The number of hydrogen-bond donors (Lipinski definition) is 2. The molecule has 2 N–H and O–H groups in total. The molecule has 0 radical (unpaired) electrons. The van der Waals surface area contributed by atoms with Crippen molar-refractivity contribution in [2.75, 3.05) is 6.54 Å². The molecule has 1 aromatic heterocycles. The highest BCUT2D eigenvalue weighted by molar-refractivity contribution is 7.12. The molecule has 0 saturated heterocycles. The SMILES string of the molecule is N#Cc1ccsc1C(=O)NCC(O)c1ccc(F)cc1. The maximum atomic E-state index is 12.8. The van der Waals surface area contributed by atoms with Crippen LogP contribution in [-0.4, -0.2) is 17.6 Å². The lowest BCUT2D eigenvalue weighted by Gasteiger charge is -2.11. The lowest BCUT2D eigenvalue weighted by Crippen LogP contribution is -2.28. The molecule has 0 aliphatic rings. The van der Waals surface area contributed by atoms with Gasteiger partial charge in [-0.15, -0.1) is 11.3 Å². The van der Waals surface area contributed by atoms with Crippen LogP contribution in [0.4, 0.5) is 4.39 Å². The third-order valence-electron chi connectivity index (χ3n) is 2.70. The van der Waals surface area contributed by atoms with Crippen molar-refractivity contribution in [1.29, 1.82) is 5.26 Å². The van der Waals surface area contributed by atoms with E-state index in [9.17, 15) is 14.3 Å². The lowest BCUT2D eigenvalue weighted by atomic mass is 10.1. The van der Waals surface area contributed by atoms with Gasteiger partial charge >= 0.3 is 0 Å². The van der Waals surface area contributed by atoms with E-state index in [1.165, 1.54) is 35.6 Å². The molecule has 1 heterocycles. The summed E-state index contributed by atoms with van der Waals surface area (Å²) in [5, 5.41) is 22.9. The van der Waals surface area contributed by atoms with Crippen LogP contribution in [0.3, 0.4) is 0 Å². The van der Waals surface area contributed by atoms with Crippen molar-refractivity contribution in [3.63, 3.8) is 0 Å². The average molecular weight is 290 g/mol. The Balaban J connectivity index is 1.97. The molecule has 20 heavy (non-hydrogen) atoms. The largest absolute Gasteiger partial charge is 0.387 e. The molecule has 0 aliphatic carbocycles. The Bertz CT molecular complexity index is 646. The van der Waals surface area contributed by atoms with Gasteiger partial charge in [-0.1, -0.05) is 12.1 Å². The number of rotatable bonds is 4. The molecule has 0 spiro atoms. The summed E-state index contributed by atoms with van der Waals surface area (Å²) in [6, 6.07) is 8.89. The van der Waals surface area contributed by atoms with E-state index >= 15 is 0 Å². The number of nitriles is 1. The van der Waals surface area contributed by atoms with Crippen LogP contribution >= 0.6 is 11.3 Å². The fourth-order valence-corrected chi connectivity index (χ4v) is 2.41. The molecule has 102 valence electrons. The van der Waals surface area contributed by atoms with E-state index in [0.29, 0.717) is 16.0 Å². The van der Waals surface area contributed by atoms with Crippen molar-refractivity contribution < 1.29 is 14.3 Å². The predicted molar refractivity (Wildman–Crippen MR) is 72.7 cm³/mol. The van der Waals surface area contributed by atoms with Crippen LogP contribution in [-0.2, 0) is 0 Å². The van der Waals surface area contributed by atoms with E-state index in [0.717, 1.165) is 0 Å². The second kappa shape index (κ2) is 6.28. The normalized spacial score (nSPS) is 11.7. The summed E-state index contributed by atoms with van der Waals surface area (Å²) < 4.78 is 12.8. The Morgan fingerprint density at radius 3 is 2.75 bits per heavy atom. The molecule has 1 atom stereocenters. The Labute approximate surface area is 119 Å². The summed E-state index contributed by atoms with van der Waals surface area (Å²) in [4.78, 5) is 12.2. The van der Waals surface area contributed by atoms with Crippen LogP contribution in [0.15, 0.2) is 35.7 Å². The number of halogens is 1. The number of nitrogens with one attached hydrogen (secondary N) is 1. The van der Waals surface area contributed by atoms with E-state index in [-0.39, 0.29) is 12.4 Å². The van der Waals surface area contributed by atoms with Gasteiger partial charge in [-0.3, -0.25) is 4.79 Å². The van der Waals surface area contributed by atoms with Gasteiger partial charge in [0.1, 0.15) is 16.8 Å². The summed E-state index contributed by atoms with van der Waals surface area (Å²) in [5.41, 5.74) is 0.821. The third-order valence-corrected chi connectivity index (χ3v) is 3.62. The number of amides is 1. The minimum Gasteiger partial charge on any atom is -0.387 e. The smallest absolute Gasteiger partial charge is 0.262 e. The first kappa shape index (κ1) is 14.2. The van der Waals surface area contributed by atoms with E-state index < -0.39 is 12.0 Å². The Hall–Kier alpha value is -2.23. The first-order chi connectivity index (χ1) is 9.61.